The van der Waals surface area contributed by atoms with Gasteiger partial charge in [-0.25, -0.2) is 4.98 Å². The van der Waals surface area contributed by atoms with E-state index in [2.05, 4.69) is 10.3 Å². The number of ether oxygens (including phenoxy) is 2. The van der Waals surface area contributed by atoms with Crippen LogP contribution >= 0.6 is 11.3 Å². The van der Waals surface area contributed by atoms with E-state index in [1.54, 1.807) is 38.5 Å². The number of carbonyl (C=O) groups excluding carboxylic acids is 1. The summed E-state index contributed by atoms with van der Waals surface area (Å²) in [5.74, 6) is 0.977. The molecule has 1 N–H and O–H groups in total. The number of methoxy groups -OCH3 is 2. The fraction of sp³-hybridized carbons (Fsp3) is 0.105. The fourth-order valence-electron chi connectivity index (χ4n) is 2.32. The number of benzene rings is 2. The van der Waals surface area contributed by atoms with Gasteiger partial charge in [-0.05, 0) is 42.5 Å². The SMILES string of the molecule is COc1ccc(-c2csc(NC(=O)c3ccc(C#N)cc3)n2)cc1OC. The van der Waals surface area contributed by atoms with Crippen LogP contribution in [0.5, 0.6) is 11.5 Å². The number of nitrogens with zero attached hydrogens (tertiary/aromatic N) is 2. The molecule has 130 valence electrons. The molecule has 1 amide bonds. The highest BCUT2D eigenvalue weighted by atomic mass is 32.1. The molecule has 0 saturated heterocycles. The van der Waals surface area contributed by atoms with E-state index in [1.807, 2.05) is 29.6 Å². The number of carbonyl (C=O) groups is 1. The predicted molar refractivity (Wildman–Crippen MR) is 99.8 cm³/mol. The van der Waals surface area contributed by atoms with Crippen LogP contribution in [0.15, 0.2) is 47.8 Å². The molecule has 0 aliphatic rings. The van der Waals surface area contributed by atoms with E-state index in [1.165, 1.54) is 11.3 Å². The summed E-state index contributed by atoms with van der Waals surface area (Å²) in [7, 11) is 3.16. The lowest BCUT2D eigenvalue weighted by Gasteiger charge is -2.08. The van der Waals surface area contributed by atoms with E-state index in [-0.39, 0.29) is 5.91 Å². The standard InChI is InChI=1S/C19H15N3O3S/c1-24-16-8-7-14(9-17(16)25-2)15-11-26-19(21-15)22-18(23)13-5-3-12(10-20)4-6-13/h3-9,11H,1-2H3,(H,21,22,23). The minimum absolute atomic E-state index is 0.275. The minimum Gasteiger partial charge on any atom is -0.493 e. The molecule has 3 rings (SSSR count). The Balaban J connectivity index is 1.77. The zero-order valence-electron chi connectivity index (χ0n) is 14.1. The molecule has 0 saturated carbocycles. The second-order valence-electron chi connectivity index (χ2n) is 5.25. The van der Waals surface area contributed by atoms with Gasteiger partial charge in [-0.3, -0.25) is 10.1 Å². The van der Waals surface area contributed by atoms with Crippen molar-refractivity contribution in [2.24, 2.45) is 0 Å². The van der Waals surface area contributed by atoms with Crippen LogP contribution in [0.25, 0.3) is 11.3 Å². The van der Waals surface area contributed by atoms with Crippen LogP contribution in [0.3, 0.4) is 0 Å². The van der Waals surface area contributed by atoms with Crippen molar-refractivity contribution >= 4 is 22.4 Å². The lowest BCUT2D eigenvalue weighted by molar-refractivity contribution is 0.102. The van der Waals surface area contributed by atoms with Crippen molar-refractivity contribution in [3.05, 3.63) is 59.0 Å². The Kier molecular flexibility index (Phi) is 5.15. The minimum atomic E-state index is -0.275. The maximum Gasteiger partial charge on any atom is 0.257 e. The van der Waals surface area contributed by atoms with Crippen molar-refractivity contribution in [3.8, 4) is 28.8 Å². The van der Waals surface area contributed by atoms with E-state index in [9.17, 15) is 4.79 Å². The molecule has 0 radical (unpaired) electrons. The molecule has 0 unspecified atom stereocenters. The first-order valence-electron chi connectivity index (χ1n) is 7.64. The Morgan fingerprint density at radius 3 is 2.50 bits per heavy atom. The van der Waals surface area contributed by atoms with Crippen molar-refractivity contribution in [1.82, 2.24) is 4.98 Å². The van der Waals surface area contributed by atoms with Crippen molar-refractivity contribution in [1.29, 1.82) is 5.26 Å². The molecule has 0 atom stereocenters. The molecule has 26 heavy (non-hydrogen) atoms. The molecule has 0 aliphatic heterocycles. The van der Waals surface area contributed by atoms with Crippen LogP contribution in [0, 0.1) is 11.3 Å². The summed E-state index contributed by atoms with van der Waals surface area (Å²) < 4.78 is 10.5. The largest absolute Gasteiger partial charge is 0.493 e. The number of rotatable bonds is 5. The van der Waals surface area contributed by atoms with Gasteiger partial charge in [0.15, 0.2) is 16.6 Å². The molecule has 0 fully saturated rings. The number of nitriles is 1. The molecule has 3 aromatic rings. The van der Waals surface area contributed by atoms with Crippen molar-refractivity contribution < 1.29 is 14.3 Å². The molecule has 0 spiro atoms. The summed E-state index contributed by atoms with van der Waals surface area (Å²) in [5, 5.41) is 13.9. The highest BCUT2D eigenvalue weighted by molar-refractivity contribution is 7.14. The average molecular weight is 365 g/mol. The average Bonchev–Trinajstić information content (AvgIpc) is 3.15. The molecule has 1 heterocycles. The van der Waals surface area contributed by atoms with Gasteiger partial charge in [-0.15, -0.1) is 11.3 Å². The van der Waals surface area contributed by atoms with Crippen LogP contribution in [-0.2, 0) is 0 Å². The van der Waals surface area contributed by atoms with Gasteiger partial charge in [-0.1, -0.05) is 0 Å². The topological polar surface area (TPSA) is 84.2 Å². The van der Waals surface area contributed by atoms with Gasteiger partial charge in [0.1, 0.15) is 0 Å². The normalized spacial score (nSPS) is 10.0. The Labute approximate surface area is 154 Å². The van der Waals surface area contributed by atoms with Gasteiger partial charge in [0.25, 0.3) is 5.91 Å². The van der Waals surface area contributed by atoms with Crippen LogP contribution < -0.4 is 14.8 Å². The van der Waals surface area contributed by atoms with Crippen LogP contribution in [0.2, 0.25) is 0 Å². The quantitative estimate of drug-likeness (QED) is 0.740. The summed E-state index contributed by atoms with van der Waals surface area (Å²) in [6, 6.07) is 14.0. The Hall–Kier alpha value is -3.37. The van der Waals surface area contributed by atoms with E-state index < -0.39 is 0 Å². The number of anilines is 1. The third kappa shape index (κ3) is 3.66. The van der Waals surface area contributed by atoms with Gasteiger partial charge in [-0.2, -0.15) is 5.26 Å². The monoisotopic (exact) mass is 365 g/mol. The highest BCUT2D eigenvalue weighted by Gasteiger charge is 2.12. The summed E-state index contributed by atoms with van der Waals surface area (Å²) >= 11 is 1.33. The predicted octanol–water partition coefficient (Wildman–Crippen LogP) is 3.95. The van der Waals surface area contributed by atoms with Gasteiger partial charge in [0.2, 0.25) is 0 Å². The molecular weight excluding hydrogens is 350 g/mol. The zero-order valence-corrected chi connectivity index (χ0v) is 15.0. The van der Waals surface area contributed by atoms with Crippen LogP contribution in [-0.4, -0.2) is 25.1 Å². The van der Waals surface area contributed by atoms with Crippen molar-refractivity contribution in [3.63, 3.8) is 0 Å². The lowest BCUT2D eigenvalue weighted by Crippen LogP contribution is -2.11. The maximum absolute atomic E-state index is 12.3. The molecule has 0 aliphatic carbocycles. The second kappa shape index (κ2) is 7.68. The third-order valence-corrected chi connectivity index (χ3v) is 4.44. The van der Waals surface area contributed by atoms with E-state index in [0.717, 1.165) is 11.3 Å². The maximum atomic E-state index is 12.3. The number of hydrogen-bond acceptors (Lipinski definition) is 6. The third-order valence-electron chi connectivity index (χ3n) is 3.68. The van der Waals surface area contributed by atoms with Gasteiger partial charge >= 0.3 is 0 Å². The molecule has 0 bridgehead atoms. The number of hydrogen-bond donors (Lipinski definition) is 1. The Morgan fingerprint density at radius 2 is 1.85 bits per heavy atom. The Morgan fingerprint density at radius 1 is 1.12 bits per heavy atom. The number of nitrogens with one attached hydrogen (secondary N) is 1. The molecular formula is C19H15N3O3S. The molecule has 6 nitrogen and oxygen atoms in total. The molecule has 2 aromatic carbocycles. The summed E-state index contributed by atoms with van der Waals surface area (Å²) in [6.45, 7) is 0. The first-order valence-corrected chi connectivity index (χ1v) is 8.52. The number of amides is 1. The van der Waals surface area contributed by atoms with Crippen molar-refractivity contribution in [2.45, 2.75) is 0 Å². The highest BCUT2D eigenvalue weighted by Crippen LogP contribution is 2.33. The van der Waals surface area contributed by atoms with Gasteiger partial charge in [0, 0.05) is 16.5 Å². The van der Waals surface area contributed by atoms with Crippen LogP contribution in [0.1, 0.15) is 15.9 Å². The van der Waals surface area contributed by atoms with Crippen molar-refractivity contribution in [2.75, 3.05) is 19.5 Å². The van der Waals surface area contributed by atoms with E-state index >= 15 is 0 Å². The fourth-order valence-corrected chi connectivity index (χ4v) is 3.04. The first kappa shape index (κ1) is 17.5. The number of thiazole rings is 1. The summed E-state index contributed by atoms with van der Waals surface area (Å²) in [4.78, 5) is 16.7. The Bertz CT molecular complexity index is 974. The zero-order chi connectivity index (χ0) is 18.5. The summed E-state index contributed by atoms with van der Waals surface area (Å²) in [6.07, 6.45) is 0. The van der Waals surface area contributed by atoms with E-state index in [0.29, 0.717) is 27.8 Å². The van der Waals surface area contributed by atoms with Gasteiger partial charge in [0.05, 0.1) is 31.5 Å². The van der Waals surface area contributed by atoms with Crippen LogP contribution in [0.4, 0.5) is 5.13 Å². The first-order chi connectivity index (χ1) is 12.6. The lowest BCUT2D eigenvalue weighted by atomic mass is 10.1. The second-order valence-corrected chi connectivity index (χ2v) is 6.11. The molecule has 1 aromatic heterocycles. The smallest absolute Gasteiger partial charge is 0.257 e. The number of aromatic nitrogens is 1. The van der Waals surface area contributed by atoms with E-state index in [4.69, 9.17) is 14.7 Å². The van der Waals surface area contributed by atoms with Gasteiger partial charge < -0.3 is 9.47 Å². The summed E-state index contributed by atoms with van der Waals surface area (Å²) in [5.41, 5.74) is 2.56. The molecule has 7 heteroatoms.